The van der Waals surface area contributed by atoms with Crippen LogP contribution in [0.3, 0.4) is 0 Å². The van der Waals surface area contributed by atoms with Crippen molar-refractivity contribution in [3.63, 3.8) is 0 Å². The molecule has 0 saturated heterocycles. The molecule has 0 heterocycles. The van der Waals surface area contributed by atoms with Crippen molar-refractivity contribution >= 4 is 15.7 Å². The second kappa shape index (κ2) is 6.24. The molecule has 2 rings (SSSR count). The molecule has 0 aromatic heterocycles. The highest BCUT2D eigenvalue weighted by molar-refractivity contribution is 7.89. The molecule has 21 heavy (non-hydrogen) atoms. The number of aryl methyl sites for hydroxylation is 1. The highest BCUT2D eigenvalue weighted by atomic mass is 32.2. The second-order valence-electron chi connectivity index (χ2n) is 4.76. The lowest BCUT2D eigenvalue weighted by molar-refractivity contribution is 0.557. The van der Waals surface area contributed by atoms with Gasteiger partial charge in [-0.15, -0.1) is 0 Å². The van der Waals surface area contributed by atoms with E-state index in [0.717, 1.165) is 23.3 Å². The third-order valence-corrected chi connectivity index (χ3v) is 4.67. The van der Waals surface area contributed by atoms with Crippen LogP contribution in [0.5, 0.6) is 0 Å². The predicted molar refractivity (Wildman–Crippen MR) is 80.9 cm³/mol. The number of rotatable bonds is 5. The minimum atomic E-state index is -3.90. The average Bonchev–Trinajstić information content (AvgIpc) is 2.43. The van der Waals surface area contributed by atoms with Crippen LogP contribution in [-0.4, -0.2) is 15.0 Å². The van der Waals surface area contributed by atoms with Gasteiger partial charge in [-0.25, -0.2) is 17.5 Å². The minimum absolute atomic E-state index is 0.196. The number of nitrogens with two attached hydrogens (primary N) is 1. The fourth-order valence-corrected chi connectivity index (χ4v) is 3.16. The molecule has 0 saturated carbocycles. The van der Waals surface area contributed by atoms with Crippen molar-refractivity contribution in [2.45, 2.75) is 18.2 Å². The molecule has 0 aliphatic rings. The second-order valence-corrected chi connectivity index (χ2v) is 6.50. The molecule has 6 heteroatoms. The highest BCUT2D eigenvalue weighted by Crippen LogP contribution is 2.17. The Kier molecular flexibility index (Phi) is 4.59. The zero-order chi connectivity index (χ0) is 15.5. The van der Waals surface area contributed by atoms with Gasteiger partial charge in [0, 0.05) is 12.2 Å². The summed E-state index contributed by atoms with van der Waals surface area (Å²) in [5.74, 6) is -0.812. The molecule has 0 bridgehead atoms. The minimum Gasteiger partial charge on any atom is -0.399 e. The fraction of sp³-hybridized carbons (Fsp3) is 0.200. The van der Waals surface area contributed by atoms with E-state index in [9.17, 15) is 12.8 Å². The molecule has 112 valence electrons. The van der Waals surface area contributed by atoms with Crippen LogP contribution in [-0.2, 0) is 16.4 Å². The summed E-state index contributed by atoms with van der Waals surface area (Å²) < 4.78 is 40.1. The zero-order valence-corrected chi connectivity index (χ0v) is 12.5. The quantitative estimate of drug-likeness (QED) is 0.832. The normalized spacial score (nSPS) is 11.5. The maximum absolute atomic E-state index is 13.6. The van der Waals surface area contributed by atoms with Crippen LogP contribution in [0.1, 0.15) is 11.1 Å². The van der Waals surface area contributed by atoms with Gasteiger partial charge in [0.15, 0.2) is 0 Å². The van der Waals surface area contributed by atoms with E-state index < -0.39 is 20.7 Å². The molecule has 0 aliphatic heterocycles. The van der Waals surface area contributed by atoms with E-state index in [0.29, 0.717) is 6.42 Å². The van der Waals surface area contributed by atoms with Gasteiger partial charge in [-0.05, 0) is 42.7 Å². The lowest BCUT2D eigenvalue weighted by atomic mass is 10.1. The molecule has 0 radical (unpaired) electrons. The summed E-state index contributed by atoms with van der Waals surface area (Å²) in [5.41, 5.74) is 7.85. The van der Waals surface area contributed by atoms with Gasteiger partial charge >= 0.3 is 0 Å². The third-order valence-electron chi connectivity index (χ3n) is 3.19. The summed E-state index contributed by atoms with van der Waals surface area (Å²) in [5, 5.41) is 0. The molecule has 0 unspecified atom stereocenters. The lowest BCUT2D eigenvalue weighted by Crippen LogP contribution is -2.27. The van der Waals surface area contributed by atoms with Crippen LogP contribution in [0.2, 0.25) is 0 Å². The van der Waals surface area contributed by atoms with Crippen LogP contribution >= 0.6 is 0 Å². The van der Waals surface area contributed by atoms with E-state index in [4.69, 9.17) is 5.73 Å². The van der Waals surface area contributed by atoms with E-state index in [1.54, 1.807) is 0 Å². The maximum atomic E-state index is 13.6. The van der Waals surface area contributed by atoms with Gasteiger partial charge in [0.05, 0.1) is 0 Å². The van der Waals surface area contributed by atoms with E-state index >= 15 is 0 Å². The Bertz CT molecular complexity index is 745. The number of benzene rings is 2. The van der Waals surface area contributed by atoms with Crippen LogP contribution in [0.25, 0.3) is 0 Å². The molecule has 0 amide bonds. The summed E-state index contributed by atoms with van der Waals surface area (Å²) in [4.78, 5) is -0.424. The molecule has 4 nitrogen and oxygen atoms in total. The maximum Gasteiger partial charge on any atom is 0.243 e. The Labute approximate surface area is 123 Å². The van der Waals surface area contributed by atoms with Crippen molar-refractivity contribution in [1.29, 1.82) is 0 Å². The summed E-state index contributed by atoms with van der Waals surface area (Å²) in [6, 6.07) is 11.2. The van der Waals surface area contributed by atoms with Crippen molar-refractivity contribution < 1.29 is 12.8 Å². The first-order valence-electron chi connectivity index (χ1n) is 6.49. The summed E-state index contributed by atoms with van der Waals surface area (Å²) in [7, 11) is -3.90. The van der Waals surface area contributed by atoms with Gasteiger partial charge in [-0.1, -0.05) is 24.3 Å². The number of halogens is 1. The largest absolute Gasteiger partial charge is 0.399 e. The molecule has 0 spiro atoms. The van der Waals surface area contributed by atoms with Crippen molar-refractivity contribution in [1.82, 2.24) is 4.72 Å². The first-order chi connectivity index (χ1) is 9.90. The molecule has 2 aromatic rings. The van der Waals surface area contributed by atoms with Crippen molar-refractivity contribution in [2.75, 3.05) is 12.3 Å². The Balaban J connectivity index is 2.08. The summed E-state index contributed by atoms with van der Waals surface area (Å²) in [6.07, 6.45) is 0.538. The Morgan fingerprint density at radius 2 is 1.90 bits per heavy atom. The lowest BCUT2D eigenvalue weighted by Gasteiger charge is -2.09. The molecular weight excluding hydrogens is 291 g/mol. The smallest absolute Gasteiger partial charge is 0.243 e. The Morgan fingerprint density at radius 3 is 2.62 bits per heavy atom. The van der Waals surface area contributed by atoms with Crippen molar-refractivity contribution in [3.05, 3.63) is 59.4 Å². The van der Waals surface area contributed by atoms with Crippen LogP contribution in [0.4, 0.5) is 10.1 Å². The molecule has 0 atom stereocenters. The number of hydrogen-bond donors (Lipinski definition) is 2. The van der Waals surface area contributed by atoms with Gasteiger partial charge in [0.1, 0.15) is 10.7 Å². The van der Waals surface area contributed by atoms with Crippen LogP contribution < -0.4 is 10.5 Å². The molecule has 2 aromatic carbocycles. The first kappa shape index (κ1) is 15.5. The molecule has 0 fully saturated rings. The third kappa shape index (κ3) is 3.80. The number of anilines is 1. The summed E-state index contributed by atoms with van der Waals surface area (Å²) >= 11 is 0. The van der Waals surface area contributed by atoms with E-state index in [1.165, 1.54) is 6.07 Å². The number of sulfonamides is 1. The number of hydrogen-bond acceptors (Lipinski definition) is 3. The van der Waals surface area contributed by atoms with Gasteiger partial charge in [0.25, 0.3) is 0 Å². The number of nitrogen functional groups attached to an aromatic ring is 1. The Morgan fingerprint density at radius 1 is 1.19 bits per heavy atom. The Hall–Kier alpha value is -1.92. The van der Waals surface area contributed by atoms with E-state index in [2.05, 4.69) is 4.72 Å². The topological polar surface area (TPSA) is 72.2 Å². The highest BCUT2D eigenvalue weighted by Gasteiger charge is 2.18. The monoisotopic (exact) mass is 308 g/mol. The summed E-state index contributed by atoms with van der Waals surface area (Å²) in [6.45, 7) is 2.16. The van der Waals surface area contributed by atoms with E-state index in [-0.39, 0.29) is 12.2 Å². The van der Waals surface area contributed by atoms with Crippen molar-refractivity contribution in [3.8, 4) is 0 Å². The van der Waals surface area contributed by atoms with Crippen molar-refractivity contribution in [2.24, 2.45) is 0 Å². The molecule has 0 aliphatic carbocycles. The zero-order valence-electron chi connectivity index (χ0n) is 11.6. The van der Waals surface area contributed by atoms with E-state index in [1.807, 2.05) is 31.2 Å². The van der Waals surface area contributed by atoms with Gasteiger partial charge in [-0.3, -0.25) is 0 Å². The van der Waals surface area contributed by atoms with Gasteiger partial charge in [-0.2, -0.15) is 0 Å². The fourth-order valence-electron chi connectivity index (χ4n) is 2.01. The first-order valence-corrected chi connectivity index (χ1v) is 7.97. The predicted octanol–water partition coefficient (Wildman–Crippen LogP) is 2.24. The number of nitrogens with one attached hydrogen (secondary N) is 1. The van der Waals surface area contributed by atoms with Gasteiger partial charge in [0.2, 0.25) is 10.0 Å². The molecular formula is C15H17FN2O2S. The van der Waals surface area contributed by atoms with Crippen LogP contribution in [0.15, 0.2) is 47.4 Å². The average molecular weight is 308 g/mol. The molecule has 3 N–H and O–H groups in total. The SMILES string of the molecule is Cc1ccccc1CCNS(=O)(=O)c1cc(N)ccc1F. The van der Waals surface area contributed by atoms with Gasteiger partial charge < -0.3 is 5.73 Å². The van der Waals surface area contributed by atoms with Crippen LogP contribution in [0, 0.1) is 12.7 Å². The standard InChI is InChI=1S/C15H17FN2O2S/c1-11-4-2-3-5-12(11)8-9-18-21(19,20)15-10-13(17)6-7-14(15)16/h2-7,10,18H,8-9,17H2,1H3.